The van der Waals surface area contributed by atoms with E-state index in [9.17, 15) is 0 Å². The molecule has 0 bridgehead atoms. The van der Waals surface area contributed by atoms with Crippen LogP contribution in [0.2, 0.25) is 0 Å². The van der Waals surface area contributed by atoms with Gasteiger partial charge in [-0.3, -0.25) is 15.8 Å². The van der Waals surface area contributed by atoms with Crippen molar-refractivity contribution in [3.63, 3.8) is 0 Å². The van der Waals surface area contributed by atoms with Gasteiger partial charge in [-0.25, -0.2) is 20.2 Å². The van der Waals surface area contributed by atoms with E-state index in [-0.39, 0.29) is 11.5 Å². The summed E-state index contributed by atoms with van der Waals surface area (Å²) in [6.45, 7) is 0.737. The smallest absolute Gasteiger partial charge is 0.235 e. The lowest BCUT2D eigenvalue weighted by Gasteiger charge is -2.47. The van der Waals surface area contributed by atoms with Gasteiger partial charge in [0.15, 0.2) is 5.82 Å². The largest absolute Gasteiger partial charge is 0.312 e. The highest BCUT2D eigenvalue weighted by atomic mass is 35.5. The third-order valence-electron chi connectivity index (χ3n) is 6.39. The van der Waals surface area contributed by atoms with Gasteiger partial charge >= 0.3 is 0 Å². The van der Waals surface area contributed by atoms with Gasteiger partial charge in [0.25, 0.3) is 0 Å². The van der Waals surface area contributed by atoms with Crippen molar-refractivity contribution in [2.45, 2.75) is 55.4 Å². The lowest BCUT2D eigenvalue weighted by atomic mass is 9.80. The van der Waals surface area contributed by atoms with Gasteiger partial charge in [-0.05, 0) is 32.1 Å². The molecule has 3 aliphatic heterocycles. The first-order chi connectivity index (χ1) is 12.3. The molecule has 2 saturated carbocycles. The number of hydrogen-bond acceptors (Lipinski definition) is 7. The third kappa shape index (κ3) is 1.88. The van der Waals surface area contributed by atoms with Gasteiger partial charge < -0.3 is 4.57 Å². The molecular formula is C16H22ClN7O. The number of hydroxylamine groups is 1. The zero-order valence-electron chi connectivity index (χ0n) is 13.9. The molecule has 3 fully saturated rings. The number of imidazole rings is 1. The molecule has 4 heterocycles. The number of alkyl halides is 1. The fourth-order valence-electron chi connectivity index (χ4n) is 5.14. The predicted molar refractivity (Wildman–Crippen MR) is 92.8 cm³/mol. The number of halogens is 1. The summed E-state index contributed by atoms with van der Waals surface area (Å²) in [5.74, 6) is 1.83. The van der Waals surface area contributed by atoms with E-state index in [1.54, 1.807) is 6.34 Å². The number of nitrogens with zero attached hydrogens (tertiary/aromatic N) is 4. The summed E-state index contributed by atoms with van der Waals surface area (Å²) in [5, 5.41) is 5.98. The molecule has 8 nitrogen and oxygen atoms in total. The van der Waals surface area contributed by atoms with E-state index in [0.717, 1.165) is 50.3 Å². The quantitative estimate of drug-likeness (QED) is 0.685. The van der Waals surface area contributed by atoms with Crippen molar-refractivity contribution in [2.75, 3.05) is 11.7 Å². The monoisotopic (exact) mass is 363 g/mol. The Bertz CT molecular complexity index is 734. The molecule has 25 heavy (non-hydrogen) atoms. The van der Waals surface area contributed by atoms with Crippen molar-refractivity contribution in [2.24, 2.45) is 16.8 Å². The zero-order valence-corrected chi connectivity index (χ0v) is 14.6. The van der Waals surface area contributed by atoms with Crippen LogP contribution in [0.5, 0.6) is 0 Å². The van der Waals surface area contributed by atoms with Crippen molar-refractivity contribution in [1.29, 1.82) is 0 Å². The van der Waals surface area contributed by atoms with Gasteiger partial charge in [0.1, 0.15) is 18.2 Å². The van der Waals surface area contributed by atoms with Gasteiger partial charge in [-0.1, -0.05) is 0 Å². The molecule has 5 aliphatic rings. The Hall–Kier alpha value is -1.35. The Labute approximate surface area is 150 Å². The molecule has 0 radical (unpaired) electrons. The van der Waals surface area contributed by atoms with Crippen molar-refractivity contribution in [1.82, 2.24) is 25.8 Å². The molecule has 134 valence electrons. The Morgan fingerprint density at radius 1 is 1.28 bits per heavy atom. The normalized spacial score (nSPS) is 42.0. The second kappa shape index (κ2) is 5.09. The molecule has 6 rings (SSSR count). The standard InChI is InChI=1S/C16H22ClN7O/c17-10-2-1-3-11-12(10)14-18-6-21-24(14)15-13(19-8-23(11)15)16(9-4-5-9)20-7-22-25-16/h7-12,14,18,21H,1-6H2,(H,20,22). The Kier molecular flexibility index (Phi) is 3.01. The van der Waals surface area contributed by atoms with Crippen LogP contribution in [0.3, 0.4) is 0 Å². The molecular weight excluding hydrogens is 342 g/mol. The van der Waals surface area contributed by atoms with E-state index in [2.05, 4.69) is 30.8 Å². The Morgan fingerprint density at radius 2 is 2.20 bits per heavy atom. The lowest BCUT2D eigenvalue weighted by Crippen LogP contribution is -2.56. The van der Waals surface area contributed by atoms with Crippen LogP contribution in [-0.2, 0) is 10.6 Å². The molecule has 3 N–H and O–H groups in total. The first kappa shape index (κ1) is 14.8. The maximum Gasteiger partial charge on any atom is 0.235 e. The van der Waals surface area contributed by atoms with Crippen LogP contribution in [0.4, 0.5) is 5.82 Å². The van der Waals surface area contributed by atoms with Gasteiger partial charge in [0.05, 0.1) is 13.0 Å². The van der Waals surface area contributed by atoms with E-state index in [4.69, 9.17) is 21.4 Å². The van der Waals surface area contributed by atoms with Crippen LogP contribution < -0.4 is 21.2 Å². The number of hydrazine groups is 1. The molecule has 0 aromatic carbocycles. The number of rotatable bonds is 2. The molecule has 5 unspecified atom stereocenters. The first-order valence-corrected chi connectivity index (χ1v) is 9.68. The van der Waals surface area contributed by atoms with Gasteiger partial charge in [-0.2, -0.15) is 0 Å². The van der Waals surface area contributed by atoms with Crippen LogP contribution in [0, 0.1) is 11.8 Å². The van der Waals surface area contributed by atoms with Crippen molar-refractivity contribution >= 4 is 23.8 Å². The van der Waals surface area contributed by atoms with Crippen molar-refractivity contribution in [3.8, 4) is 0 Å². The predicted octanol–water partition coefficient (Wildman–Crippen LogP) is 1.17. The molecule has 1 aromatic heterocycles. The first-order valence-electron chi connectivity index (χ1n) is 9.24. The number of nitrogens with one attached hydrogen (secondary N) is 3. The maximum atomic E-state index is 6.76. The van der Waals surface area contributed by atoms with E-state index in [1.807, 2.05) is 6.33 Å². The summed E-state index contributed by atoms with van der Waals surface area (Å²) in [6.07, 6.45) is 9.42. The minimum Gasteiger partial charge on any atom is -0.312 e. The fourth-order valence-corrected chi connectivity index (χ4v) is 5.60. The summed E-state index contributed by atoms with van der Waals surface area (Å²) in [4.78, 5) is 15.4. The Balaban J connectivity index is 1.52. The molecule has 5 atom stereocenters. The van der Waals surface area contributed by atoms with Crippen LogP contribution >= 0.6 is 11.6 Å². The zero-order chi connectivity index (χ0) is 16.6. The van der Waals surface area contributed by atoms with Gasteiger partial charge in [0.2, 0.25) is 5.72 Å². The summed E-state index contributed by atoms with van der Waals surface area (Å²) < 4.78 is 2.31. The second-order valence-corrected chi connectivity index (χ2v) is 8.28. The number of aliphatic imine (C=N–C) groups is 1. The average Bonchev–Trinajstić information content (AvgIpc) is 3.04. The second-order valence-electron chi connectivity index (χ2n) is 7.72. The van der Waals surface area contributed by atoms with Crippen LogP contribution in [0.15, 0.2) is 11.3 Å². The fraction of sp³-hybridized carbons (Fsp3) is 0.750. The SMILES string of the molecule is ClC1CCCC2C1C1NCNN1c1c(C3(C4CC4)N=CNO3)ncn12. The maximum absolute atomic E-state index is 6.76. The van der Waals surface area contributed by atoms with Crippen molar-refractivity contribution in [3.05, 3.63) is 12.0 Å². The molecule has 0 spiro atoms. The molecule has 1 aromatic rings. The summed E-state index contributed by atoms with van der Waals surface area (Å²) in [5.41, 5.74) is 6.52. The number of aromatic nitrogens is 2. The highest BCUT2D eigenvalue weighted by Crippen LogP contribution is 2.54. The van der Waals surface area contributed by atoms with E-state index in [1.165, 1.54) is 0 Å². The van der Waals surface area contributed by atoms with E-state index >= 15 is 0 Å². The molecule has 2 aliphatic carbocycles. The van der Waals surface area contributed by atoms with Gasteiger partial charge in [-0.15, -0.1) is 11.6 Å². The minimum absolute atomic E-state index is 0.178. The third-order valence-corrected chi connectivity index (χ3v) is 6.90. The highest BCUT2D eigenvalue weighted by Gasteiger charge is 2.57. The molecule has 0 amide bonds. The average molecular weight is 364 g/mol. The van der Waals surface area contributed by atoms with E-state index in [0.29, 0.717) is 17.9 Å². The minimum atomic E-state index is -0.697. The molecule has 1 saturated heterocycles. The van der Waals surface area contributed by atoms with Gasteiger partial charge in [0, 0.05) is 23.3 Å². The summed E-state index contributed by atoms with van der Waals surface area (Å²) in [6, 6.07) is 0.371. The summed E-state index contributed by atoms with van der Waals surface area (Å²) in [7, 11) is 0. The van der Waals surface area contributed by atoms with Crippen LogP contribution in [0.25, 0.3) is 0 Å². The highest BCUT2D eigenvalue weighted by molar-refractivity contribution is 6.21. The van der Waals surface area contributed by atoms with Crippen LogP contribution in [0.1, 0.15) is 43.8 Å². The number of anilines is 1. The summed E-state index contributed by atoms with van der Waals surface area (Å²) >= 11 is 6.76. The number of fused-ring (bicyclic) bond motifs is 6. The van der Waals surface area contributed by atoms with Crippen molar-refractivity contribution < 1.29 is 4.84 Å². The Morgan fingerprint density at radius 3 is 3.00 bits per heavy atom. The number of hydrogen-bond donors (Lipinski definition) is 3. The molecule has 9 heteroatoms. The topological polar surface area (TPSA) is 78.7 Å². The lowest BCUT2D eigenvalue weighted by molar-refractivity contribution is -0.0774. The van der Waals surface area contributed by atoms with E-state index < -0.39 is 5.72 Å². The van der Waals surface area contributed by atoms with Crippen LogP contribution in [-0.4, -0.2) is 34.1 Å².